The molecule has 2 aliphatic heterocycles. The van der Waals surface area contributed by atoms with Crippen molar-refractivity contribution in [2.24, 2.45) is 0 Å². The predicted octanol–water partition coefficient (Wildman–Crippen LogP) is 6.93. The van der Waals surface area contributed by atoms with Gasteiger partial charge in [-0.2, -0.15) is 0 Å². The first kappa shape index (κ1) is 28.2. The van der Waals surface area contributed by atoms with Gasteiger partial charge in [0.25, 0.3) is 0 Å². The highest BCUT2D eigenvalue weighted by molar-refractivity contribution is 6.36. The molecule has 0 unspecified atom stereocenters. The van der Waals surface area contributed by atoms with Crippen LogP contribution in [0.2, 0.25) is 10.2 Å². The van der Waals surface area contributed by atoms with Crippen molar-refractivity contribution in [3.63, 3.8) is 0 Å². The molecule has 2 saturated heterocycles. The molecule has 0 radical (unpaired) electrons. The molecule has 7 rings (SSSR count). The number of furan rings is 1. The molecule has 0 amide bonds. The summed E-state index contributed by atoms with van der Waals surface area (Å²) < 4.78 is 19.6. The number of hydrogen-bond acceptors (Lipinski definition) is 7. The van der Waals surface area contributed by atoms with E-state index in [0.717, 1.165) is 72.5 Å². The number of hydrogen-bond donors (Lipinski definition) is 1. The molecule has 0 bridgehead atoms. The number of carboxylic acid groups (broad SMARTS) is 1. The molecule has 0 saturated carbocycles. The topological polar surface area (TPSA) is 103 Å². The van der Waals surface area contributed by atoms with Gasteiger partial charge in [0.05, 0.1) is 40.8 Å². The fourth-order valence-corrected chi connectivity index (χ4v) is 6.36. The first-order chi connectivity index (χ1) is 20.9. The Kier molecular flexibility index (Phi) is 7.73. The van der Waals surface area contributed by atoms with Gasteiger partial charge < -0.3 is 23.6 Å². The van der Waals surface area contributed by atoms with Crippen LogP contribution in [0.5, 0.6) is 5.88 Å². The van der Waals surface area contributed by atoms with Crippen molar-refractivity contribution in [1.82, 2.24) is 19.4 Å². The van der Waals surface area contributed by atoms with Gasteiger partial charge in [0.15, 0.2) is 5.22 Å². The predicted molar refractivity (Wildman–Crippen MR) is 163 cm³/mol. The third kappa shape index (κ3) is 5.82. The molecule has 1 N–H and O–H groups in total. The Hall–Kier alpha value is -3.63. The number of piperidine rings is 1. The van der Waals surface area contributed by atoms with Gasteiger partial charge in [-0.1, -0.05) is 23.7 Å². The van der Waals surface area contributed by atoms with Crippen molar-refractivity contribution in [3.05, 3.63) is 87.5 Å². The van der Waals surface area contributed by atoms with Crippen LogP contribution in [0.3, 0.4) is 0 Å². The zero-order valence-electron chi connectivity index (χ0n) is 23.3. The van der Waals surface area contributed by atoms with Crippen LogP contribution in [-0.2, 0) is 24.4 Å². The Bertz CT molecular complexity index is 1810. The average Bonchev–Trinajstić information content (AvgIpc) is 3.55. The molecule has 2 aromatic carbocycles. The Morgan fingerprint density at radius 2 is 1.88 bits per heavy atom. The molecule has 1 atom stereocenters. The zero-order valence-corrected chi connectivity index (χ0v) is 24.9. The van der Waals surface area contributed by atoms with Crippen LogP contribution in [-0.4, -0.2) is 56.3 Å². The van der Waals surface area contributed by atoms with Crippen LogP contribution in [0, 0.1) is 0 Å². The van der Waals surface area contributed by atoms with E-state index in [1.165, 1.54) is 0 Å². The molecular weight excluding hydrogens is 591 g/mol. The fraction of sp³-hybridized carbons (Fsp3) is 0.344. The highest BCUT2D eigenvalue weighted by Crippen LogP contribution is 2.33. The van der Waals surface area contributed by atoms with Gasteiger partial charge in [-0.3, -0.25) is 4.90 Å². The quantitative estimate of drug-likeness (QED) is 0.189. The second kappa shape index (κ2) is 11.8. The van der Waals surface area contributed by atoms with Crippen LogP contribution in [0.4, 0.5) is 0 Å². The van der Waals surface area contributed by atoms with Gasteiger partial charge in [-0.15, -0.1) is 0 Å². The molecule has 2 aliphatic rings. The molecule has 2 fully saturated rings. The lowest BCUT2D eigenvalue weighted by atomic mass is 9.93. The van der Waals surface area contributed by atoms with E-state index in [0.29, 0.717) is 35.5 Å². The highest BCUT2D eigenvalue weighted by atomic mass is 35.5. The third-order valence-electron chi connectivity index (χ3n) is 8.43. The van der Waals surface area contributed by atoms with Crippen LogP contribution < -0.4 is 4.74 Å². The summed E-state index contributed by atoms with van der Waals surface area (Å²) in [5.74, 6) is 0.889. The standard InChI is InChI=1S/C32H30Cl2N4O5/c33-24-6-4-21(31-23(24)15-28(34)43-31)18-42-30-3-1-2-25(36-30)19-8-11-37(12-9-19)17-29-35-26-7-5-20(32(39)40)14-27(26)38(29)16-22-10-13-41-22/h1-7,14-15,19,22H,8-13,16-18H2,(H,39,40)/t22-/m0/s1. The summed E-state index contributed by atoms with van der Waals surface area (Å²) in [4.78, 5) is 23.8. The number of likely N-dealkylation sites (tertiary alicyclic amines) is 1. The number of rotatable bonds is 9. The molecule has 43 heavy (non-hydrogen) atoms. The second-order valence-corrected chi connectivity index (χ2v) is 11.9. The SMILES string of the molecule is O=C(O)c1ccc2nc(CN3CCC(c4cccc(OCc5ccc(Cl)c6cc(Cl)oc56)n4)CC3)n(C[C@@H]3CCO3)c2c1. The van der Waals surface area contributed by atoms with Gasteiger partial charge in [0, 0.05) is 41.3 Å². The van der Waals surface area contributed by atoms with Gasteiger partial charge in [0.2, 0.25) is 5.88 Å². The number of pyridine rings is 1. The average molecular weight is 622 g/mol. The van der Waals surface area contributed by atoms with Crippen molar-refractivity contribution >= 4 is 51.2 Å². The van der Waals surface area contributed by atoms with E-state index in [1.54, 1.807) is 24.3 Å². The van der Waals surface area contributed by atoms with Gasteiger partial charge in [0.1, 0.15) is 18.0 Å². The maximum atomic E-state index is 11.6. The number of fused-ring (bicyclic) bond motifs is 2. The number of benzene rings is 2. The molecule has 3 aromatic heterocycles. The fourth-order valence-electron chi connectivity index (χ4n) is 5.97. The number of halogens is 2. The number of aromatic nitrogens is 3. The van der Waals surface area contributed by atoms with Crippen molar-refractivity contribution in [1.29, 1.82) is 0 Å². The molecule has 5 aromatic rings. The Balaban J connectivity index is 1.01. The van der Waals surface area contributed by atoms with Crippen molar-refractivity contribution < 1.29 is 23.8 Å². The number of carboxylic acids is 1. The maximum absolute atomic E-state index is 11.6. The lowest BCUT2D eigenvalue weighted by Gasteiger charge is -2.32. The molecule has 0 spiro atoms. The maximum Gasteiger partial charge on any atom is 0.335 e. The number of imidazole rings is 1. The Labute approximate surface area is 257 Å². The second-order valence-electron chi connectivity index (χ2n) is 11.2. The Morgan fingerprint density at radius 1 is 1.05 bits per heavy atom. The summed E-state index contributed by atoms with van der Waals surface area (Å²) in [5.41, 5.74) is 4.41. The van der Waals surface area contributed by atoms with Crippen LogP contribution in [0.1, 0.15) is 52.6 Å². The van der Waals surface area contributed by atoms with Crippen molar-refractivity contribution in [2.75, 3.05) is 19.7 Å². The molecular formula is C32H30Cl2N4O5. The van der Waals surface area contributed by atoms with Crippen LogP contribution in [0.25, 0.3) is 22.0 Å². The van der Waals surface area contributed by atoms with E-state index in [2.05, 4.69) is 15.5 Å². The van der Waals surface area contributed by atoms with E-state index < -0.39 is 5.97 Å². The number of aromatic carboxylic acids is 1. The lowest BCUT2D eigenvalue weighted by Crippen LogP contribution is -2.35. The molecule has 222 valence electrons. The first-order valence-electron chi connectivity index (χ1n) is 14.4. The Morgan fingerprint density at radius 3 is 2.65 bits per heavy atom. The minimum absolute atomic E-state index is 0.138. The summed E-state index contributed by atoms with van der Waals surface area (Å²) in [6, 6.07) is 16.5. The van der Waals surface area contributed by atoms with Crippen molar-refractivity contribution in [3.8, 4) is 5.88 Å². The summed E-state index contributed by atoms with van der Waals surface area (Å²) in [6.07, 6.45) is 3.07. The van der Waals surface area contributed by atoms with E-state index >= 15 is 0 Å². The monoisotopic (exact) mass is 620 g/mol. The smallest absolute Gasteiger partial charge is 0.335 e. The summed E-state index contributed by atoms with van der Waals surface area (Å²) >= 11 is 12.4. The number of ether oxygens (including phenoxy) is 2. The van der Waals surface area contributed by atoms with Gasteiger partial charge >= 0.3 is 5.97 Å². The largest absolute Gasteiger partial charge is 0.478 e. The first-order valence-corrected chi connectivity index (χ1v) is 15.2. The minimum atomic E-state index is -0.939. The van der Waals surface area contributed by atoms with Crippen molar-refractivity contribution in [2.45, 2.75) is 51.0 Å². The van der Waals surface area contributed by atoms with Crippen LogP contribution in [0.15, 0.2) is 59.0 Å². The summed E-state index contributed by atoms with van der Waals surface area (Å²) in [5, 5.41) is 11.1. The number of carbonyl (C=O) groups is 1. The molecule has 5 heterocycles. The highest BCUT2D eigenvalue weighted by Gasteiger charge is 2.26. The van der Waals surface area contributed by atoms with E-state index in [4.69, 9.17) is 47.1 Å². The molecule has 9 nitrogen and oxygen atoms in total. The minimum Gasteiger partial charge on any atom is -0.478 e. The molecule has 11 heteroatoms. The number of nitrogens with zero attached hydrogens (tertiary/aromatic N) is 4. The third-order valence-corrected chi connectivity index (χ3v) is 8.94. The normalized spacial score (nSPS) is 17.9. The van der Waals surface area contributed by atoms with E-state index in [1.807, 2.05) is 24.3 Å². The zero-order chi connectivity index (χ0) is 29.5. The van der Waals surface area contributed by atoms with Crippen LogP contribution >= 0.6 is 23.2 Å². The van der Waals surface area contributed by atoms with Gasteiger partial charge in [-0.05, 0) is 74.3 Å². The van der Waals surface area contributed by atoms with E-state index in [-0.39, 0.29) is 23.5 Å². The summed E-state index contributed by atoms with van der Waals surface area (Å²) in [6.45, 7) is 4.24. The van der Waals surface area contributed by atoms with E-state index in [9.17, 15) is 9.90 Å². The lowest BCUT2D eigenvalue weighted by molar-refractivity contribution is -0.0592. The summed E-state index contributed by atoms with van der Waals surface area (Å²) in [7, 11) is 0. The van der Waals surface area contributed by atoms with Gasteiger partial charge in [-0.25, -0.2) is 14.8 Å². The molecule has 0 aliphatic carbocycles.